The summed E-state index contributed by atoms with van der Waals surface area (Å²) < 4.78 is 6.50. The summed E-state index contributed by atoms with van der Waals surface area (Å²) in [6.45, 7) is 17.4. The molecule has 4 unspecified atom stereocenters. The number of aliphatic hydroxyl groups is 1. The lowest BCUT2D eigenvalue weighted by molar-refractivity contribution is -0.155. The van der Waals surface area contributed by atoms with Crippen LogP contribution < -0.4 is 0 Å². The molecule has 6 aliphatic carbocycles. The minimum Gasteiger partial charge on any atom is -0.417 e. The van der Waals surface area contributed by atoms with Crippen LogP contribution in [0.15, 0.2) is 11.6 Å². The Morgan fingerprint density at radius 2 is 1.85 bits per heavy atom. The maximum absolute atomic E-state index is 12.4. The molecule has 0 radical (unpaired) electrons. The van der Waals surface area contributed by atoms with E-state index in [0.717, 1.165) is 56.0 Å². The van der Waals surface area contributed by atoms with Crippen molar-refractivity contribution >= 4 is 14.1 Å². The Balaban J connectivity index is 1.21. The van der Waals surface area contributed by atoms with Gasteiger partial charge in [0.1, 0.15) is 0 Å². The standard InChI is InChI=1S/C30H48O3Si/c1-27(2,3)34(6,7)33-14-8-11-30(32)24-17-21(24)26-25-20-16-19(20)23-15-18(31)9-12-28(23,4)22(25)10-13-29(26,30)5/h15,19-22,24-26,32H,8-14,16-17H2,1-7H3/t19-,20+,21?,22?,24+,25?,26?,28-,29+,30+/m1/s1. The quantitative estimate of drug-likeness (QED) is 0.346. The van der Waals surface area contributed by atoms with Crippen LogP contribution in [0.5, 0.6) is 0 Å². The smallest absolute Gasteiger partial charge is 0.191 e. The Morgan fingerprint density at radius 3 is 2.56 bits per heavy atom. The molecule has 0 heterocycles. The van der Waals surface area contributed by atoms with Gasteiger partial charge in [0.2, 0.25) is 0 Å². The third-order valence-corrected chi connectivity index (χ3v) is 17.4. The largest absolute Gasteiger partial charge is 0.417 e. The van der Waals surface area contributed by atoms with Gasteiger partial charge in [0, 0.05) is 13.0 Å². The van der Waals surface area contributed by atoms with Crippen molar-refractivity contribution in [3.8, 4) is 0 Å². The molecule has 0 aliphatic heterocycles. The second-order valence-corrected chi connectivity index (χ2v) is 20.1. The predicted molar refractivity (Wildman–Crippen MR) is 139 cm³/mol. The molecule has 10 atom stereocenters. The highest BCUT2D eigenvalue weighted by atomic mass is 28.4. The molecule has 0 amide bonds. The highest BCUT2D eigenvalue weighted by molar-refractivity contribution is 6.74. The second-order valence-electron chi connectivity index (χ2n) is 15.3. The Kier molecular flexibility index (Phi) is 4.99. The van der Waals surface area contributed by atoms with E-state index in [9.17, 15) is 9.90 Å². The van der Waals surface area contributed by atoms with Crippen molar-refractivity contribution in [2.45, 2.75) is 110 Å². The summed E-state index contributed by atoms with van der Waals surface area (Å²) in [5.74, 6) is 5.26. The van der Waals surface area contributed by atoms with Gasteiger partial charge >= 0.3 is 0 Å². The normalized spacial score (nSPS) is 51.0. The summed E-state index contributed by atoms with van der Waals surface area (Å²) in [6, 6.07) is 0. The van der Waals surface area contributed by atoms with Crippen molar-refractivity contribution in [1.82, 2.24) is 0 Å². The molecule has 5 fully saturated rings. The number of hydrogen-bond donors (Lipinski definition) is 1. The summed E-state index contributed by atoms with van der Waals surface area (Å²) in [6.07, 6.45) is 10.7. The van der Waals surface area contributed by atoms with E-state index >= 15 is 0 Å². The molecule has 34 heavy (non-hydrogen) atoms. The first kappa shape index (κ1) is 23.9. The molecule has 6 rings (SSSR count). The monoisotopic (exact) mass is 484 g/mol. The summed E-state index contributed by atoms with van der Waals surface area (Å²) in [5.41, 5.74) is 1.32. The molecule has 6 aliphatic rings. The molecule has 0 aromatic heterocycles. The van der Waals surface area contributed by atoms with E-state index in [1.54, 1.807) is 0 Å². The lowest BCUT2D eigenvalue weighted by Crippen LogP contribution is -2.57. The van der Waals surface area contributed by atoms with E-state index < -0.39 is 13.9 Å². The summed E-state index contributed by atoms with van der Waals surface area (Å²) in [5, 5.41) is 12.6. The average molecular weight is 485 g/mol. The van der Waals surface area contributed by atoms with Crippen LogP contribution in [-0.2, 0) is 9.22 Å². The van der Waals surface area contributed by atoms with Crippen molar-refractivity contribution in [2.75, 3.05) is 6.61 Å². The Morgan fingerprint density at radius 1 is 1.12 bits per heavy atom. The highest BCUT2D eigenvalue weighted by Gasteiger charge is 2.78. The molecular formula is C30H48O3Si. The number of allylic oxidation sites excluding steroid dienone is 1. The van der Waals surface area contributed by atoms with Crippen LogP contribution in [0.4, 0.5) is 0 Å². The number of hydrogen-bond acceptors (Lipinski definition) is 3. The zero-order valence-electron chi connectivity index (χ0n) is 22.7. The summed E-state index contributed by atoms with van der Waals surface area (Å²) in [4.78, 5) is 12.3. The lowest BCUT2D eigenvalue weighted by atomic mass is 9.45. The van der Waals surface area contributed by atoms with E-state index in [4.69, 9.17) is 4.43 Å². The van der Waals surface area contributed by atoms with E-state index in [0.29, 0.717) is 23.5 Å². The lowest BCUT2D eigenvalue weighted by Gasteiger charge is -2.60. The van der Waals surface area contributed by atoms with E-state index in [1.807, 2.05) is 0 Å². The number of carbonyl (C=O) groups excluding carboxylic acids is 1. The Bertz CT molecular complexity index is 932. The van der Waals surface area contributed by atoms with Crippen LogP contribution in [0.1, 0.15) is 86.0 Å². The Hall–Kier alpha value is -0.453. The summed E-state index contributed by atoms with van der Waals surface area (Å²) >= 11 is 0. The molecular weight excluding hydrogens is 436 g/mol. The molecule has 0 saturated heterocycles. The third-order valence-electron chi connectivity index (χ3n) is 12.9. The molecule has 0 aromatic carbocycles. The number of ketones is 1. The average Bonchev–Trinajstić information content (AvgIpc) is 3.64. The first-order chi connectivity index (χ1) is 15.7. The highest BCUT2D eigenvalue weighted by Crippen LogP contribution is 2.81. The molecule has 0 spiro atoms. The van der Waals surface area contributed by atoms with Gasteiger partial charge in [-0.3, -0.25) is 4.79 Å². The van der Waals surface area contributed by atoms with Crippen molar-refractivity contribution in [2.24, 2.45) is 52.3 Å². The maximum Gasteiger partial charge on any atom is 0.191 e. The van der Waals surface area contributed by atoms with Crippen molar-refractivity contribution in [3.63, 3.8) is 0 Å². The van der Waals surface area contributed by atoms with Crippen molar-refractivity contribution < 1.29 is 14.3 Å². The zero-order chi connectivity index (χ0) is 24.5. The molecule has 0 bridgehead atoms. The van der Waals surface area contributed by atoms with Crippen LogP contribution in [0, 0.1) is 52.3 Å². The molecule has 0 aromatic rings. The molecule has 5 saturated carbocycles. The molecule has 190 valence electrons. The predicted octanol–water partition coefficient (Wildman–Crippen LogP) is 6.76. The van der Waals surface area contributed by atoms with E-state index in [-0.39, 0.29) is 15.9 Å². The van der Waals surface area contributed by atoms with Crippen LogP contribution >= 0.6 is 0 Å². The first-order valence-electron chi connectivity index (χ1n) is 14.4. The fourth-order valence-corrected chi connectivity index (χ4v) is 11.0. The van der Waals surface area contributed by atoms with Gasteiger partial charge in [-0.2, -0.15) is 0 Å². The topological polar surface area (TPSA) is 46.5 Å². The summed E-state index contributed by atoms with van der Waals surface area (Å²) in [7, 11) is -1.73. The van der Waals surface area contributed by atoms with Gasteiger partial charge < -0.3 is 9.53 Å². The van der Waals surface area contributed by atoms with Crippen LogP contribution in [0.3, 0.4) is 0 Å². The third kappa shape index (κ3) is 3.03. The first-order valence-corrected chi connectivity index (χ1v) is 17.3. The van der Waals surface area contributed by atoms with E-state index in [1.165, 1.54) is 31.3 Å². The fraction of sp³-hybridized carbons (Fsp3) is 0.900. The maximum atomic E-state index is 12.4. The van der Waals surface area contributed by atoms with Gasteiger partial charge in [0.05, 0.1) is 5.60 Å². The Labute approximate surface area is 208 Å². The van der Waals surface area contributed by atoms with Crippen LogP contribution in [-0.4, -0.2) is 31.4 Å². The van der Waals surface area contributed by atoms with Crippen LogP contribution in [0.2, 0.25) is 18.1 Å². The fourth-order valence-electron chi connectivity index (χ4n) is 9.87. The molecule has 3 nitrogen and oxygen atoms in total. The van der Waals surface area contributed by atoms with Crippen molar-refractivity contribution in [1.29, 1.82) is 0 Å². The van der Waals surface area contributed by atoms with Gasteiger partial charge in [-0.15, -0.1) is 0 Å². The van der Waals surface area contributed by atoms with Crippen LogP contribution in [0.25, 0.3) is 0 Å². The molecule has 1 N–H and O–H groups in total. The minimum absolute atomic E-state index is 0.0634. The van der Waals surface area contributed by atoms with Gasteiger partial charge in [0.25, 0.3) is 0 Å². The SMILES string of the molecule is CC(C)(C)[Si](C)(C)OCCC[C@]1(O)[C@H]2CC2C2C3C(CC[C@@]21C)[C@@]1(C)CCC(=O)C=C1[C@@H]1C[C@H]31. The molecule has 4 heteroatoms. The number of rotatable bonds is 5. The van der Waals surface area contributed by atoms with Gasteiger partial charge in [-0.05, 0) is 121 Å². The van der Waals surface area contributed by atoms with Gasteiger partial charge in [0.15, 0.2) is 14.1 Å². The van der Waals surface area contributed by atoms with E-state index in [2.05, 4.69) is 53.8 Å². The van der Waals surface area contributed by atoms with Gasteiger partial charge in [-0.1, -0.05) is 40.2 Å². The number of carbonyl (C=O) groups is 1. The minimum atomic E-state index is -1.73. The number of fused-ring (bicyclic) bond motifs is 10. The second kappa shape index (κ2) is 7.10. The van der Waals surface area contributed by atoms with Crippen molar-refractivity contribution in [3.05, 3.63) is 11.6 Å². The van der Waals surface area contributed by atoms with Gasteiger partial charge in [-0.25, -0.2) is 0 Å². The zero-order valence-corrected chi connectivity index (χ0v) is 23.7.